The highest BCUT2D eigenvalue weighted by Gasteiger charge is 2.43. The number of fused-ring (bicyclic) bond motifs is 4. The predicted molar refractivity (Wildman–Crippen MR) is 163 cm³/mol. The second-order valence-electron chi connectivity index (χ2n) is 12.6. The van der Waals surface area contributed by atoms with Gasteiger partial charge in [-0.3, -0.25) is 0 Å². The molecular weight excluding hydrogens is 513 g/mol. The summed E-state index contributed by atoms with van der Waals surface area (Å²) in [5.41, 5.74) is 8.76. The van der Waals surface area contributed by atoms with E-state index in [0.717, 1.165) is 73.2 Å². The molecule has 2 bridgehead atoms. The van der Waals surface area contributed by atoms with Crippen LogP contribution in [0, 0.1) is 19.7 Å². The van der Waals surface area contributed by atoms with Crippen molar-refractivity contribution in [3.63, 3.8) is 0 Å². The normalized spacial score (nSPS) is 22.2. The highest BCUT2D eigenvalue weighted by atomic mass is 19.1. The SMILES string of the molecule is COC1CC2CCC(C1)N2c1nc(-c2ccc(F)c3[nH]cc(C)c23)nc2c1CN(c1cc(C(C)C)ccc1C)CC2. The number of piperidine rings is 1. The van der Waals surface area contributed by atoms with Gasteiger partial charge >= 0.3 is 0 Å². The molecule has 0 amide bonds. The Hall–Kier alpha value is -3.45. The number of benzene rings is 2. The maximum Gasteiger partial charge on any atom is 0.162 e. The zero-order chi connectivity index (χ0) is 28.4. The number of aromatic amines is 1. The molecule has 41 heavy (non-hydrogen) atoms. The predicted octanol–water partition coefficient (Wildman–Crippen LogP) is 7.21. The Balaban J connectivity index is 1.37. The van der Waals surface area contributed by atoms with Gasteiger partial charge in [-0.1, -0.05) is 26.0 Å². The molecule has 5 heterocycles. The Labute approximate surface area is 241 Å². The molecule has 214 valence electrons. The van der Waals surface area contributed by atoms with Crippen molar-refractivity contribution in [3.8, 4) is 11.4 Å². The van der Waals surface area contributed by atoms with Crippen molar-refractivity contribution >= 4 is 22.4 Å². The summed E-state index contributed by atoms with van der Waals surface area (Å²) in [6, 6.07) is 11.1. The Kier molecular flexibility index (Phi) is 6.53. The van der Waals surface area contributed by atoms with Crippen LogP contribution in [0.5, 0.6) is 0 Å². The van der Waals surface area contributed by atoms with Gasteiger partial charge < -0.3 is 19.5 Å². The first-order valence-electron chi connectivity index (χ1n) is 15.1. The number of anilines is 2. The van der Waals surface area contributed by atoms with Crippen LogP contribution in [0.15, 0.2) is 36.5 Å². The average Bonchev–Trinajstić information content (AvgIpc) is 3.49. The summed E-state index contributed by atoms with van der Waals surface area (Å²) in [5.74, 6) is 2.01. The van der Waals surface area contributed by atoms with Gasteiger partial charge in [0.05, 0.1) is 17.3 Å². The number of H-pyrrole nitrogens is 1. The number of halogens is 1. The fourth-order valence-corrected chi connectivity index (χ4v) is 7.49. The van der Waals surface area contributed by atoms with Crippen LogP contribution in [-0.4, -0.2) is 46.8 Å². The lowest BCUT2D eigenvalue weighted by Crippen LogP contribution is -2.47. The minimum atomic E-state index is -0.246. The molecule has 4 aromatic rings. The molecule has 0 spiro atoms. The molecule has 2 fully saturated rings. The molecule has 2 saturated heterocycles. The summed E-state index contributed by atoms with van der Waals surface area (Å²) in [6.45, 7) is 10.4. The number of methoxy groups -OCH3 is 1. The Morgan fingerprint density at radius 2 is 1.80 bits per heavy atom. The molecule has 2 atom stereocenters. The summed E-state index contributed by atoms with van der Waals surface area (Å²) < 4.78 is 20.6. The van der Waals surface area contributed by atoms with E-state index in [1.807, 2.05) is 26.3 Å². The number of rotatable bonds is 5. The molecule has 6 nitrogen and oxygen atoms in total. The topological polar surface area (TPSA) is 57.3 Å². The van der Waals surface area contributed by atoms with Gasteiger partial charge in [-0.15, -0.1) is 0 Å². The number of aromatic nitrogens is 3. The number of hydrogen-bond donors (Lipinski definition) is 1. The highest BCUT2D eigenvalue weighted by molar-refractivity contribution is 5.96. The third kappa shape index (κ3) is 4.40. The van der Waals surface area contributed by atoms with E-state index >= 15 is 0 Å². The standard InChI is InChI=1S/C34H40FN5O/c1-19(2)22-7-6-20(3)30(14-22)39-13-12-29-27(18-39)34(40-23-8-9-24(40)16-25(15-23)41-5)38-33(37-29)26-10-11-28(35)32-31(26)21(4)17-36-32/h6-7,10-11,14,17,19,23-25,36H,8-9,12-13,15-16,18H2,1-5H3. The van der Waals surface area contributed by atoms with Crippen molar-refractivity contribution in [2.24, 2.45) is 0 Å². The molecule has 7 heteroatoms. The minimum Gasteiger partial charge on any atom is -0.381 e. The number of nitrogens with one attached hydrogen (secondary N) is 1. The fourth-order valence-electron chi connectivity index (χ4n) is 7.49. The van der Waals surface area contributed by atoms with Gasteiger partial charge in [0.1, 0.15) is 11.6 Å². The molecule has 1 N–H and O–H groups in total. The van der Waals surface area contributed by atoms with Crippen molar-refractivity contribution in [2.75, 3.05) is 23.5 Å². The summed E-state index contributed by atoms with van der Waals surface area (Å²) in [5, 5.41) is 0.871. The van der Waals surface area contributed by atoms with Gasteiger partial charge in [-0.25, -0.2) is 14.4 Å². The zero-order valence-corrected chi connectivity index (χ0v) is 24.8. The van der Waals surface area contributed by atoms with Crippen LogP contribution in [0.3, 0.4) is 0 Å². The van der Waals surface area contributed by atoms with E-state index in [9.17, 15) is 4.39 Å². The third-order valence-electron chi connectivity index (χ3n) is 9.77. The van der Waals surface area contributed by atoms with E-state index in [2.05, 4.69) is 53.8 Å². The Morgan fingerprint density at radius 1 is 1.02 bits per heavy atom. The first-order chi connectivity index (χ1) is 19.8. The summed E-state index contributed by atoms with van der Waals surface area (Å²) in [7, 11) is 1.84. The van der Waals surface area contributed by atoms with Gasteiger partial charge in [-0.2, -0.15) is 0 Å². The van der Waals surface area contributed by atoms with Crippen LogP contribution >= 0.6 is 0 Å². The smallest absolute Gasteiger partial charge is 0.162 e. The van der Waals surface area contributed by atoms with Crippen molar-refractivity contribution < 1.29 is 9.13 Å². The first kappa shape index (κ1) is 26.4. The van der Waals surface area contributed by atoms with Crippen LogP contribution in [0.25, 0.3) is 22.3 Å². The molecule has 3 aliphatic heterocycles. The number of hydrogen-bond acceptors (Lipinski definition) is 5. The van der Waals surface area contributed by atoms with E-state index in [1.165, 1.54) is 28.4 Å². The molecule has 2 aromatic heterocycles. The molecule has 3 aliphatic rings. The van der Waals surface area contributed by atoms with E-state index in [0.29, 0.717) is 35.4 Å². The molecule has 0 saturated carbocycles. The maximum atomic E-state index is 14.7. The second kappa shape index (κ2) is 10.1. The van der Waals surface area contributed by atoms with Crippen molar-refractivity contribution in [3.05, 3.63) is 70.3 Å². The third-order valence-corrected chi connectivity index (χ3v) is 9.77. The van der Waals surface area contributed by atoms with Gasteiger partial charge in [0.15, 0.2) is 5.82 Å². The van der Waals surface area contributed by atoms with Crippen LogP contribution in [0.1, 0.15) is 73.4 Å². The van der Waals surface area contributed by atoms with Crippen molar-refractivity contribution in [2.45, 2.75) is 90.4 Å². The van der Waals surface area contributed by atoms with Crippen LogP contribution in [0.4, 0.5) is 15.9 Å². The second-order valence-corrected chi connectivity index (χ2v) is 12.6. The monoisotopic (exact) mass is 553 g/mol. The van der Waals surface area contributed by atoms with Crippen LogP contribution in [0.2, 0.25) is 0 Å². The van der Waals surface area contributed by atoms with Gasteiger partial charge in [0.25, 0.3) is 0 Å². The van der Waals surface area contributed by atoms with Crippen LogP contribution in [-0.2, 0) is 17.7 Å². The minimum absolute atomic E-state index is 0.246. The quantitative estimate of drug-likeness (QED) is 0.283. The van der Waals surface area contributed by atoms with E-state index in [-0.39, 0.29) is 5.82 Å². The number of nitrogens with zero attached hydrogens (tertiary/aromatic N) is 4. The maximum absolute atomic E-state index is 14.7. The van der Waals surface area contributed by atoms with E-state index in [1.54, 1.807) is 0 Å². The first-order valence-corrected chi connectivity index (χ1v) is 15.1. The molecule has 0 aliphatic carbocycles. The van der Waals surface area contributed by atoms with E-state index < -0.39 is 0 Å². The van der Waals surface area contributed by atoms with Crippen LogP contribution < -0.4 is 9.80 Å². The van der Waals surface area contributed by atoms with E-state index in [4.69, 9.17) is 14.7 Å². The van der Waals surface area contributed by atoms with Gasteiger partial charge in [-0.05, 0) is 80.3 Å². The lowest BCUT2D eigenvalue weighted by molar-refractivity contribution is 0.0681. The summed E-state index contributed by atoms with van der Waals surface area (Å²) in [4.78, 5) is 18.8. The molecule has 7 rings (SSSR count). The largest absolute Gasteiger partial charge is 0.381 e. The molecule has 0 radical (unpaired) electrons. The Morgan fingerprint density at radius 3 is 2.54 bits per heavy atom. The number of ether oxygens (including phenoxy) is 1. The Bertz CT molecular complexity index is 1610. The van der Waals surface area contributed by atoms with Crippen molar-refractivity contribution in [1.82, 2.24) is 15.0 Å². The molecule has 2 unspecified atom stereocenters. The fraction of sp³-hybridized carbons (Fsp3) is 0.471. The highest BCUT2D eigenvalue weighted by Crippen LogP contribution is 2.44. The lowest BCUT2D eigenvalue weighted by atomic mass is 9.96. The zero-order valence-electron chi connectivity index (χ0n) is 24.8. The van der Waals surface area contributed by atoms with Gasteiger partial charge in [0.2, 0.25) is 0 Å². The lowest BCUT2D eigenvalue weighted by Gasteiger charge is -2.42. The molecule has 2 aromatic carbocycles. The average molecular weight is 554 g/mol. The summed E-state index contributed by atoms with van der Waals surface area (Å²) >= 11 is 0. The molecular formula is C34H40FN5O. The van der Waals surface area contributed by atoms with Gasteiger partial charge in [0, 0.05) is 67.1 Å². The van der Waals surface area contributed by atoms with Crippen molar-refractivity contribution in [1.29, 1.82) is 0 Å². The summed E-state index contributed by atoms with van der Waals surface area (Å²) in [6.07, 6.45) is 7.40. The number of aryl methyl sites for hydroxylation is 2.